The van der Waals surface area contributed by atoms with Gasteiger partial charge in [-0.05, 0) is 37.6 Å². The Balaban J connectivity index is 1.61. The van der Waals surface area contributed by atoms with Gasteiger partial charge < -0.3 is 24.1 Å². The fourth-order valence-electron chi connectivity index (χ4n) is 2.88. The van der Waals surface area contributed by atoms with Crippen LogP contribution < -0.4 is 19.5 Å². The van der Waals surface area contributed by atoms with Crippen LogP contribution in [0.5, 0.6) is 17.4 Å². The van der Waals surface area contributed by atoms with Gasteiger partial charge in [0.15, 0.2) is 11.5 Å². The van der Waals surface area contributed by atoms with Crippen molar-refractivity contribution in [3.63, 3.8) is 0 Å². The molecule has 3 rings (SSSR count). The van der Waals surface area contributed by atoms with E-state index in [0.717, 1.165) is 28.1 Å². The molecule has 0 saturated heterocycles. The topological polar surface area (TPSA) is 78.6 Å². The van der Waals surface area contributed by atoms with Gasteiger partial charge in [0.25, 0.3) is 0 Å². The monoisotopic (exact) mass is 383 g/mol. The Hall–Kier alpha value is -3.06. The fraction of sp³-hybridized carbons (Fsp3) is 0.333. The van der Waals surface area contributed by atoms with E-state index in [0.29, 0.717) is 37.1 Å². The quantitative estimate of drug-likeness (QED) is 0.605. The number of methoxy groups -OCH3 is 2. The molecular weight excluding hydrogens is 358 g/mol. The van der Waals surface area contributed by atoms with E-state index in [1.807, 2.05) is 44.2 Å². The van der Waals surface area contributed by atoms with E-state index >= 15 is 0 Å². The second-order valence-corrected chi connectivity index (χ2v) is 6.35. The highest BCUT2D eigenvalue weighted by Gasteiger charge is 2.12. The summed E-state index contributed by atoms with van der Waals surface area (Å²) in [5.41, 5.74) is 3.89. The third kappa shape index (κ3) is 4.61. The lowest BCUT2D eigenvalue weighted by Gasteiger charge is -2.13. The van der Waals surface area contributed by atoms with E-state index in [2.05, 4.69) is 15.5 Å². The van der Waals surface area contributed by atoms with Crippen LogP contribution >= 0.6 is 0 Å². The van der Waals surface area contributed by atoms with Gasteiger partial charge >= 0.3 is 0 Å². The van der Waals surface area contributed by atoms with Crippen LogP contribution in [0.2, 0.25) is 0 Å². The van der Waals surface area contributed by atoms with E-state index in [4.69, 9.17) is 18.7 Å². The summed E-state index contributed by atoms with van der Waals surface area (Å²) in [5, 5.41) is 7.34. The fourth-order valence-corrected chi connectivity index (χ4v) is 2.88. The molecular formula is C21H25N3O4. The van der Waals surface area contributed by atoms with E-state index in [1.54, 1.807) is 20.4 Å². The van der Waals surface area contributed by atoms with Crippen molar-refractivity contribution in [3.05, 3.63) is 64.7 Å². The maximum Gasteiger partial charge on any atom is 0.217 e. The smallest absolute Gasteiger partial charge is 0.217 e. The van der Waals surface area contributed by atoms with Crippen LogP contribution in [0.4, 0.5) is 0 Å². The van der Waals surface area contributed by atoms with Crippen LogP contribution in [-0.2, 0) is 19.7 Å². The van der Waals surface area contributed by atoms with Gasteiger partial charge in [0.1, 0.15) is 12.4 Å². The molecule has 0 spiro atoms. The van der Waals surface area contributed by atoms with Crippen LogP contribution in [-0.4, -0.2) is 24.4 Å². The number of benzene rings is 1. The number of nitrogens with zero attached hydrogens (tertiary/aromatic N) is 2. The molecule has 3 aromatic rings. The summed E-state index contributed by atoms with van der Waals surface area (Å²) in [6.45, 7) is 5.50. The molecule has 0 fully saturated rings. The molecule has 0 saturated carbocycles. The van der Waals surface area contributed by atoms with Crippen molar-refractivity contribution in [1.29, 1.82) is 0 Å². The highest BCUT2D eigenvalue weighted by Crippen LogP contribution is 2.29. The highest BCUT2D eigenvalue weighted by molar-refractivity contribution is 5.43. The lowest BCUT2D eigenvalue weighted by molar-refractivity contribution is 0.281. The average Bonchev–Trinajstić information content (AvgIpc) is 3.04. The van der Waals surface area contributed by atoms with Gasteiger partial charge in [-0.25, -0.2) is 4.98 Å². The number of aryl methyl sites for hydroxylation is 2. The van der Waals surface area contributed by atoms with Crippen molar-refractivity contribution in [1.82, 2.24) is 15.5 Å². The van der Waals surface area contributed by atoms with E-state index < -0.39 is 0 Å². The Morgan fingerprint density at radius 2 is 1.89 bits per heavy atom. The molecule has 0 aliphatic carbocycles. The van der Waals surface area contributed by atoms with Gasteiger partial charge in [-0.2, -0.15) is 0 Å². The zero-order chi connectivity index (χ0) is 19.9. The maximum absolute atomic E-state index is 5.92. The zero-order valence-corrected chi connectivity index (χ0v) is 16.6. The lowest BCUT2D eigenvalue weighted by atomic mass is 10.2. The molecule has 2 aromatic heterocycles. The predicted octanol–water partition coefficient (Wildman–Crippen LogP) is 3.57. The molecule has 2 heterocycles. The van der Waals surface area contributed by atoms with Crippen LogP contribution in [0.15, 0.2) is 41.1 Å². The Bertz CT molecular complexity index is 904. The van der Waals surface area contributed by atoms with Gasteiger partial charge in [-0.15, -0.1) is 0 Å². The molecule has 0 aliphatic rings. The van der Waals surface area contributed by atoms with E-state index in [9.17, 15) is 0 Å². The minimum atomic E-state index is 0.385. The zero-order valence-electron chi connectivity index (χ0n) is 16.6. The van der Waals surface area contributed by atoms with Crippen LogP contribution in [0.25, 0.3) is 0 Å². The predicted molar refractivity (Wildman–Crippen MR) is 105 cm³/mol. The van der Waals surface area contributed by atoms with Gasteiger partial charge in [0.2, 0.25) is 5.88 Å². The molecule has 28 heavy (non-hydrogen) atoms. The molecule has 0 unspecified atom stereocenters. The number of aromatic nitrogens is 2. The molecule has 0 radical (unpaired) electrons. The lowest BCUT2D eigenvalue weighted by Crippen LogP contribution is -2.14. The molecule has 7 heteroatoms. The summed E-state index contributed by atoms with van der Waals surface area (Å²) >= 11 is 0. The third-order valence-electron chi connectivity index (χ3n) is 4.47. The van der Waals surface area contributed by atoms with Crippen molar-refractivity contribution < 1.29 is 18.7 Å². The van der Waals surface area contributed by atoms with Gasteiger partial charge in [0.05, 0.1) is 25.5 Å². The van der Waals surface area contributed by atoms with Crippen molar-refractivity contribution >= 4 is 0 Å². The Labute approximate surface area is 164 Å². The molecule has 0 aliphatic heterocycles. The first-order valence-corrected chi connectivity index (χ1v) is 9.02. The first-order valence-electron chi connectivity index (χ1n) is 9.02. The Morgan fingerprint density at radius 1 is 1.04 bits per heavy atom. The standard InChI is InChI=1S/C21H25N3O4/c1-14-18(15(2)28-24-14)13-27-19-8-7-16(10-20(19)25-3)11-22-12-17-6-5-9-23-21(17)26-4/h5-10,22H,11-13H2,1-4H3. The minimum absolute atomic E-state index is 0.385. The van der Waals surface area contributed by atoms with Gasteiger partial charge in [-0.1, -0.05) is 17.3 Å². The maximum atomic E-state index is 5.92. The van der Waals surface area contributed by atoms with Crippen molar-refractivity contribution in [2.75, 3.05) is 14.2 Å². The van der Waals surface area contributed by atoms with Gasteiger partial charge in [-0.3, -0.25) is 0 Å². The van der Waals surface area contributed by atoms with Crippen molar-refractivity contribution in [2.24, 2.45) is 0 Å². The van der Waals surface area contributed by atoms with Crippen molar-refractivity contribution in [3.8, 4) is 17.4 Å². The van der Waals surface area contributed by atoms with Crippen molar-refractivity contribution in [2.45, 2.75) is 33.5 Å². The molecule has 0 bridgehead atoms. The number of rotatable bonds is 9. The summed E-state index contributed by atoms with van der Waals surface area (Å²) in [6, 6.07) is 9.78. The second kappa shape index (κ2) is 9.23. The first kappa shape index (κ1) is 19.7. The Kier molecular flexibility index (Phi) is 6.49. The normalized spacial score (nSPS) is 10.7. The molecule has 148 valence electrons. The number of hydrogen-bond acceptors (Lipinski definition) is 7. The van der Waals surface area contributed by atoms with Crippen LogP contribution in [0, 0.1) is 13.8 Å². The Morgan fingerprint density at radius 3 is 2.61 bits per heavy atom. The van der Waals surface area contributed by atoms with Gasteiger partial charge in [0, 0.05) is 24.8 Å². The average molecular weight is 383 g/mol. The highest BCUT2D eigenvalue weighted by atomic mass is 16.5. The minimum Gasteiger partial charge on any atom is -0.493 e. The number of ether oxygens (including phenoxy) is 3. The number of pyridine rings is 1. The molecule has 0 amide bonds. The largest absolute Gasteiger partial charge is 0.493 e. The van der Waals surface area contributed by atoms with Crippen LogP contribution in [0.1, 0.15) is 28.1 Å². The second-order valence-electron chi connectivity index (χ2n) is 6.35. The van der Waals surface area contributed by atoms with E-state index in [-0.39, 0.29) is 0 Å². The number of hydrogen-bond donors (Lipinski definition) is 1. The molecule has 0 atom stereocenters. The summed E-state index contributed by atoms with van der Waals surface area (Å²) in [7, 11) is 3.26. The van der Waals surface area contributed by atoms with E-state index in [1.165, 1.54) is 0 Å². The SMILES string of the molecule is COc1cc(CNCc2cccnc2OC)ccc1OCc1c(C)noc1C. The third-order valence-corrected chi connectivity index (χ3v) is 4.47. The summed E-state index contributed by atoms with van der Waals surface area (Å²) in [5.74, 6) is 2.77. The molecule has 1 N–H and O–H groups in total. The summed E-state index contributed by atoms with van der Waals surface area (Å²) < 4.78 is 21.9. The first-order chi connectivity index (χ1) is 13.6. The number of nitrogens with one attached hydrogen (secondary N) is 1. The summed E-state index contributed by atoms with van der Waals surface area (Å²) in [4.78, 5) is 4.21. The molecule has 1 aromatic carbocycles. The molecule has 7 nitrogen and oxygen atoms in total. The summed E-state index contributed by atoms with van der Waals surface area (Å²) in [6.07, 6.45) is 1.72. The van der Waals surface area contributed by atoms with Crippen LogP contribution in [0.3, 0.4) is 0 Å².